The molecule has 35 heavy (non-hydrogen) atoms. The minimum Gasteiger partial charge on any atom is -0.438 e. The van der Waals surface area contributed by atoms with Crippen LogP contribution in [-0.4, -0.2) is 51.2 Å². The van der Waals surface area contributed by atoms with Crippen molar-refractivity contribution in [3.05, 3.63) is 23.6 Å². The van der Waals surface area contributed by atoms with E-state index in [4.69, 9.17) is 35.9 Å². The number of carbonyl (C=O) groups is 2. The molecule has 2 N–H and O–H groups in total. The number of aromatic nitrogens is 4. The third kappa shape index (κ3) is 8.57. The van der Waals surface area contributed by atoms with Crippen molar-refractivity contribution in [2.24, 2.45) is 10.8 Å². The predicted molar refractivity (Wildman–Crippen MR) is 129 cm³/mol. The first-order valence-corrected chi connectivity index (χ1v) is 12.7. The highest BCUT2D eigenvalue weighted by molar-refractivity contribution is 7.54. The van der Waals surface area contributed by atoms with E-state index >= 15 is 0 Å². The first-order valence-electron chi connectivity index (χ1n) is 10.6. The Morgan fingerprint density at radius 1 is 1.03 bits per heavy atom. The molecule has 0 atom stereocenters. The van der Waals surface area contributed by atoms with Crippen LogP contribution in [0, 0.1) is 10.8 Å². The molecule has 0 amide bonds. The number of imidazole rings is 1. The molecule has 0 unspecified atom stereocenters. The fraction of sp³-hybridized carbons (Fsp3) is 0.571. The molecule has 0 saturated carbocycles. The van der Waals surface area contributed by atoms with Crippen LogP contribution >= 0.6 is 19.2 Å². The van der Waals surface area contributed by atoms with Gasteiger partial charge in [0.25, 0.3) is 0 Å². The number of hydrogen-bond donors (Lipinski definition) is 1. The Morgan fingerprint density at radius 2 is 1.57 bits per heavy atom. The molecule has 2 aromatic heterocycles. The van der Waals surface area contributed by atoms with Crippen LogP contribution < -0.4 is 5.73 Å². The number of nitrogen functional groups attached to an aromatic ring is 1. The second-order valence-corrected chi connectivity index (χ2v) is 12.0. The molecule has 0 aromatic carbocycles. The normalized spacial score (nSPS) is 12.9. The number of ether oxygens (including phenoxy) is 2. The number of nitrogens with two attached hydrogens (primary N) is 1. The van der Waals surface area contributed by atoms with Crippen molar-refractivity contribution < 1.29 is 32.7 Å². The van der Waals surface area contributed by atoms with Crippen LogP contribution in [0.15, 0.2) is 18.5 Å². The largest absolute Gasteiger partial charge is 0.438 e. The van der Waals surface area contributed by atoms with Crippen molar-refractivity contribution in [2.75, 3.05) is 25.5 Å². The zero-order valence-corrected chi connectivity index (χ0v) is 22.3. The zero-order valence-electron chi connectivity index (χ0n) is 20.6. The summed E-state index contributed by atoms with van der Waals surface area (Å²) >= 11 is 6.03. The van der Waals surface area contributed by atoms with Crippen molar-refractivity contribution in [2.45, 2.75) is 48.1 Å². The van der Waals surface area contributed by atoms with Gasteiger partial charge in [-0.3, -0.25) is 23.2 Å². The molecule has 0 fully saturated rings. The molecule has 0 aliphatic heterocycles. The van der Waals surface area contributed by atoms with Gasteiger partial charge in [-0.25, -0.2) is 4.98 Å². The minimum absolute atomic E-state index is 0.00846. The van der Waals surface area contributed by atoms with Crippen LogP contribution in [0.4, 0.5) is 5.95 Å². The van der Waals surface area contributed by atoms with Gasteiger partial charge in [0.05, 0.1) is 23.3 Å². The van der Waals surface area contributed by atoms with Gasteiger partial charge in [-0.05, 0) is 41.5 Å². The summed E-state index contributed by atoms with van der Waals surface area (Å²) < 4.78 is 35.5. The number of allylic oxidation sites excluding steroid dienone is 2. The summed E-state index contributed by atoms with van der Waals surface area (Å²) in [5.41, 5.74) is 4.95. The molecule has 2 rings (SSSR count). The van der Waals surface area contributed by atoms with E-state index in [0.29, 0.717) is 17.7 Å². The average Bonchev–Trinajstić information content (AvgIpc) is 3.13. The summed E-state index contributed by atoms with van der Waals surface area (Å²) in [6, 6.07) is 0. The first-order chi connectivity index (χ1) is 16.1. The van der Waals surface area contributed by atoms with Gasteiger partial charge >= 0.3 is 19.5 Å². The zero-order chi connectivity index (χ0) is 26.4. The van der Waals surface area contributed by atoms with Crippen molar-refractivity contribution in [1.29, 1.82) is 0 Å². The van der Waals surface area contributed by atoms with E-state index in [0.717, 1.165) is 0 Å². The Labute approximate surface area is 208 Å². The van der Waals surface area contributed by atoms with Gasteiger partial charge in [0.1, 0.15) is 5.52 Å². The van der Waals surface area contributed by atoms with Gasteiger partial charge in [0.2, 0.25) is 19.5 Å². The molecule has 0 aliphatic rings. The van der Waals surface area contributed by atoms with Crippen molar-refractivity contribution >= 4 is 48.2 Å². The average molecular weight is 532 g/mol. The lowest BCUT2D eigenvalue weighted by Gasteiger charge is -2.21. The lowest BCUT2D eigenvalue weighted by atomic mass is 9.98. The van der Waals surface area contributed by atoms with Crippen LogP contribution in [0.3, 0.4) is 0 Å². The SMILES string of the molecule is CC(C)(C)C(=O)OCOP(=O)(C/C=C/Cn1cnc2c(Cl)nc(N)nc21)OCOC(=O)C(C)(C)C. The second kappa shape index (κ2) is 11.5. The highest BCUT2D eigenvalue weighted by Crippen LogP contribution is 2.48. The van der Waals surface area contributed by atoms with Crippen LogP contribution in [0.1, 0.15) is 41.5 Å². The molecular formula is C21H31ClN5O7P. The monoisotopic (exact) mass is 531 g/mol. The third-order valence-corrected chi connectivity index (χ3v) is 6.26. The minimum atomic E-state index is -3.84. The Kier molecular flexibility index (Phi) is 9.41. The summed E-state index contributed by atoms with van der Waals surface area (Å²) in [5, 5.41) is 0.135. The number of rotatable bonds is 10. The summed E-state index contributed by atoms with van der Waals surface area (Å²) in [6.07, 6.45) is 4.56. The van der Waals surface area contributed by atoms with E-state index in [1.165, 1.54) is 6.33 Å². The summed E-state index contributed by atoms with van der Waals surface area (Å²) in [6.45, 7) is 9.15. The molecule has 0 saturated heterocycles. The Morgan fingerprint density at radius 3 is 2.09 bits per heavy atom. The third-order valence-electron chi connectivity index (χ3n) is 4.34. The maximum absolute atomic E-state index is 13.2. The van der Waals surface area contributed by atoms with E-state index in [9.17, 15) is 14.2 Å². The maximum Gasteiger partial charge on any atom is 0.340 e. The lowest BCUT2D eigenvalue weighted by Crippen LogP contribution is -2.25. The fourth-order valence-corrected chi connectivity index (χ4v) is 3.69. The van der Waals surface area contributed by atoms with Crippen LogP contribution in [0.2, 0.25) is 5.15 Å². The molecule has 0 aliphatic carbocycles. The summed E-state index contributed by atoms with van der Waals surface area (Å²) in [5.74, 6) is -1.06. The van der Waals surface area contributed by atoms with Gasteiger partial charge in [-0.1, -0.05) is 23.8 Å². The predicted octanol–water partition coefficient (Wildman–Crippen LogP) is 3.94. The Hall–Kier alpha value is -2.53. The van der Waals surface area contributed by atoms with E-state index in [2.05, 4.69) is 15.0 Å². The number of fused-ring (bicyclic) bond motifs is 1. The smallest absolute Gasteiger partial charge is 0.340 e. The quantitative estimate of drug-likeness (QED) is 0.155. The standard InChI is InChI=1S/C21H31ClN5O7P/c1-20(2,3)17(28)31-12-33-35(30,34-13-32-18(29)21(4,5)6)10-8-7-9-27-11-24-14-15(22)25-19(23)26-16(14)27/h7-8,11H,9-10,12-13H2,1-6H3,(H2,23,25,26)/b8-7+. The van der Waals surface area contributed by atoms with Gasteiger partial charge in [-0.15, -0.1) is 0 Å². The van der Waals surface area contributed by atoms with Gasteiger partial charge in [0, 0.05) is 6.54 Å². The number of hydrogen-bond acceptors (Lipinski definition) is 11. The fourth-order valence-electron chi connectivity index (χ4n) is 2.35. The van der Waals surface area contributed by atoms with Gasteiger partial charge in [-0.2, -0.15) is 9.97 Å². The van der Waals surface area contributed by atoms with Gasteiger partial charge in [0.15, 0.2) is 10.8 Å². The molecule has 14 heteroatoms. The Balaban J connectivity index is 2.05. The summed E-state index contributed by atoms with van der Waals surface area (Å²) in [7, 11) is -3.84. The number of nitrogens with zero attached hydrogens (tertiary/aromatic N) is 4. The highest BCUT2D eigenvalue weighted by Gasteiger charge is 2.29. The molecule has 0 spiro atoms. The van der Waals surface area contributed by atoms with Crippen molar-refractivity contribution in [1.82, 2.24) is 19.5 Å². The first kappa shape index (κ1) is 28.7. The van der Waals surface area contributed by atoms with E-state index in [1.807, 2.05) is 0 Å². The van der Waals surface area contributed by atoms with E-state index in [1.54, 1.807) is 58.3 Å². The molecule has 12 nitrogen and oxygen atoms in total. The van der Waals surface area contributed by atoms with Crippen molar-refractivity contribution in [3.63, 3.8) is 0 Å². The van der Waals surface area contributed by atoms with Crippen LogP contribution in [0.25, 0.3) is 11.2 Å². The molecule has 0 radical (unpaired) electrons. The highest BCUT2D eigenvalue weighted by atomic mass is 35.5. The second-order valence-electron chi connectivity index (χ2n) is 9.56. The maximum atomic E-state index is 13.2. The van der Waals surface area contributed by atoms with E-state index in [-0.39, 0.29) is 17.3 Å². The molecule has 2 heterocycles. The molecule has 2 aromatic rings. The number of halogens is 1. The molecule has 194 valence electrons. The topological polar surface area (TPSA) is 158 Å². The van der Waals surface area contributed by atoms with E-state index < -0.39 is 44.0 Å². The molecular weight excluding hydrogens is 501 g/mol. The Bertz CT molecular complexity index is 1100. The summed E-state index contributed by atoms with van der Waals surface area (Å²) in [4.78, 5) is 36.0. The van der Waals surface area contributed by atoms with Crippen molar-refractivity contribution in [3.8, 4) is 0 Å². The number of esters is 2. The number of anilines is 1. The van der Waals surface area contributed by atoms with Crippen LogP contribution in [-0.2, 0) is 39.2 Å². The van der Waals surface area contributed by atoms with Crippen LogP contribution in [0.5, 0.6) is 0 Å². The van der Waals surface area contributed by atoms with Gasteiger partial charge < -0.3 is 19.8 Å². The lowest BCUT2D eigenvalue weighted by molar-refractivity contribution is -0.161. The molecule has 0 bridgehead atoms. The number of carbonyl (C=O) groups excluding carboxylic acids is 2.